The largest absolute Gasteiger partial charge is 0.367 e. The van der Waals surface area contributed by atoms with Gasteiger partial charge in [-0.05, 0) is 71.2 Å². The minimum atomic E-state index is -0.255. The molecule has 4 aromatic rings. The first-order valence-electron chi connectivity index (χ1n) is 12.1. The van der Waals surface area contributed by atoms with Gasteiger partial charge in [-0.2, -0.15) is 5.10 Å². The fourth-order valence-electron chi connectivity index (χ4n) is 3.99. The first kappa shape index (κ1) is 23.5. The van der Waals surface area contributed by atoms with Crippen LogP contribution >= 0.6 is 0 Å². The SMILES string of the molecule is Cc1ccc(NC(=O)c2cc(C)n(C(C)(C)C)n2)cc1Nc1nccn1-c1cc(NC2CC2)ncn1. The molecular weight excluding hydrogens is 454 g/mol. The normalized spacial score (nSPS) is 13.5. The summed E-state index contributed by atoms with van der Waals surface area (Å²) in [6.45, 7) is 10.1. The average molecular weight is 486 g/mol. The summed E-state index contributed by atoms with van der Waals surface area (Å²) >= 11 is 0. The zero-order valence-electron chi connectivity index (χ0n) is 21.2. The second-order valence-corrected chi connectivity index (χ2v) is 10.2. The minimum absolute atomic E-state index is 0.204. The van der Waals surface area contributed by atoms with Crippen molar-refractivity contribution in [3.63, 3.8) is 0 Å². The van der Waals surface area contributed by atoms with Crippen LogP contribution < -0.4 is 16.0 Å². The molecule has 0 atom stereocenters. The van der Waals surface area contributed by atoms with Crippen molar-refractivity contribution < 1.29 is 4.79 Å². The molecule has 0 unspecified atom stereocenters. The lowest BCUT2D eigenvalue weighted by Crippen LogP contribution is -2.25. The minimum Gasteiger partial charge on any atom is -0.367 e. The van der Waals surface area contributed by atoms with Gasteiger partial charge in [-0.3, -0.25) is 14.0 Å². The molecule has 1 saturated carbocycles. The van der Waals surface area contributed by atoms with Crippen molar-refractivity contribution in [2.24, 2.45) is 0 Å². The Bertz CT molecular complexity index is 1410. The van der Waals surface area contributed by atoms with E-state index in [2.05, 4.69) is 56.8 Å². The molecule has 0 aliphatic heterocycles. The number of nitrogens with one attached hydrogen (secondary N) is 3. The fourth-order valence-corrected chi connectivity index (χ4v) is 3.99. The highest BCUT2D eigenvalue weighted by atomic mass is 16.2. The van der Waals surface area contributed by atoms with Gasteiger partial charge in [0, 0.05) is 41.6 Å². The number of amides is 1. The molecule has 0 radical (unpaired) electrons. The second kappa shape index (κ2) is 9.10. The Morgan fingerprint density at radius 1 is 1.06 bits per heavy atom. The molecule has 1 aliphatic carbocycles. The molecule has 3 N–H and O–H groups in total. The fraction of sp³-hybridized carbons (Fsp3) is 0.346. The molecule has 10 heteroatoms. The van der Waals surface area contributed by atoms with Gasteiger partial charge < -0.3 is 16.0 Å². The molecule has 3 aromatic heterocycles. The number of hydrogen-bond donors (Lipinski definition) is 3. The lowest BCUT2D eigenvalue weighted by atomic mass is 10.1. The zero-order valence-corrected chi connectivity index (χ0v) is 21.2. The van der Waals surface area contributed by atoms with Crippen molar-refractivity contribution in [3.8, 4) is 5.82 Å². The number of anilines is 4. The number of benzene rings is 1. The maximum atomic E-state index is 12.9. The number of aromatic nitrogens is 6. The molecule has 3 heterocycles. The van der Waals surface area contributed by atoms with E-state index in [4.69, 9.17) is 0 Å². The maximum Gasteiger partial charge on any atom is 0.276 e. The molecule has 1 amide bonds. The number of carbonyl (C=O) groups is 1. The third-order valence-electron chi connectivity index (χ3n) is 5.97. The van der Waals surface area contributed by atoms with Crippen LogP contribution in [-0.4, -0.2) is 41.2 Å². The van der Waals surface area contributed by atoms with Crippen molar-refractivity contribution in [1.29, 1.82) is 0 Å². The second-order valence-electron chi connectivity index (χ2n) is 10.2. The van der Waals surface area contributed by atoms with Gasteiger partial charge in [0.1, 0.15) is 18.0 Å². The highest BCUT2D eigenvalue weighted by Crippen LogP contribution is 2.27. The van der Waals surface area contributed by atoms with E-state index in [0.29, 0.717) is 29.2 Å². The summed E-state index contributed by atoms with van der Waals surface area (Å²) in [6, 6.07) is 9.93. The number of carbonyl (C=O) groups excluding carboxylic acids is 1. The van der Waals surface area contributed by atoms with Crippen LogP contribution in [0.15, 0.2) is 49.1 Å². The van der Waals surface area contributed by atoms with Gasteiger partial charge in [0.25, 0.3) is 5.91 Å². The van der Waals surface area contributed by atoms with Gasteiger partial charge in [0.2, 0.25) is 5.95 Å². The van der Waals surface area contributed by atoms with E-state index in [1.807, 2.05) is 53.6 Å². The summed E-state index contributed by atoms with van der Waals surface area (Å²) in [7, 11) is 0. The van der Waals surface area contributed by atoms with Crippen LogP contribution in [0.1, 0.15) is 55.4 Å². The van der Waals surface area contributed by atoms with Crippen LogP contribution in [0.25, 0.3) is 5.82 Å². The molecule has 0 saturated heterocycles. The molecular formula is C26H31N9O. The van der Waals surface area contributed by atoms with Crippen LogP contribution in [0.3, 0.4) is 0 Å². The molecule has 5 rings (SSSR count). The van der Waals surface area contributed by atoms with Crippen LogP contribution in [0.4, 0.5) is 23.1 Å². The Kier molecular flexibility index (Phi) is 5.95. The highest BCUT2D eigenvalue weighted by Gasteiger charge is 2.22. The van der Waals surface area contributed by atoms with Crippen LogP contribution in [0, 0.1) is 13.8 Å². The quantitative estimate of drug-likeness (QED) is 0.344. The molecule has 1 fully saturated rings. The van der Waals surface area contributed by atoms with Gasteiger partial charge in [-0.1, -0.05) is 6.07 Å². The first-order valence-corrected chi connectivity index (χ1v) is 12.1. The first-order chi connectivity index (χ1) is 17.2. The Balaban J connectivity index is 1.35. The summed E-state index contributed by atoms with van der Waals surface area (Å²) in [6.07, 6.45) is 7.45. The Hall–Kier alpha value is -4.21. The summed E-state index contributed by atoms with van der Waals surface area (Å²) in [5.74, 6) is 1.86. The van der Waals surface area contributed by atoms with E-state index in [9.17, 15) is 4.79 Å². The monoisotopic (exact) mass is 485 g/mol. The Labute approximate surface area is 210 Å². The van der Waals surface area contributed by atoms with E-state index in [1.54, 1.807) is 18.6 Å². The lowest BCUT2D eigenvalue weighted by Gasteiger charge is -2.21. The number of rotatable bonds is 7. The highest BCUT2D eigenvalue weighted by molar-refractivity contribution is 6.03. The number of nitrogens with zero attached hydrogens (tertiary/aromatic N) is 6. The molecule has 1 aliphatic rings. The van der Waals surface area contributed by atoms with Gasteiger partial charge in [-0.25, -0.2) is 15.0 Å². The predicted octanol–water partition coefficient (Wildman–Crippen LogP) is 4.80. The van der Waals surface area contributed by atoms with E-state index in [1.165, 1.54) is 12.8 Å². The maximum absolute atomic E-state index is 12.9. The molecule has 186 valence electrons. The third kappa shape index (κ3) is 5.07. The van der Waals surface area contributed by atoms with Crippen molar-refractivity contribution in [3.05, 3.63) is 66.0 Å². The number of hydrogen-bond acceptors (Lipinski definition) is 7. The van der Waals surface area contributed by atoms with Gasteiger partial charge in [0.15, 0.2) is 5.69 Å². The van der Waals surface area contributed by atoms with Gasteiger partial charge in [0.05, 0.1) is 5.54 Å². The molecule has 0 spiro atoms. The van der Waals surface area contributed by atoms with E-state index >= 15 is 0 Å². The lowest BCUT2D eigenvalue weighted by molar-refractivity contribution is 0.102. The predicted molar refractivity (Wildman–Crippen MR) is 140 cm³/mol. The summed E-state index contributed by atoms with van der Waals surface area (Å²) < 4.78 is 3.73. The zero-order chi connectivity index (χ0) is 25.4. The average Bonchev–Trinajstić information content (AvgIpc) is 3.35. The molecule has 0 bridgehead atoms. The van der Waals surface area contributed by atoms with Gasteiger partial charge >= 0.3 is 0 Å². The van der Waals surface area contributed by atoms with Crippen molar-refractivity contribution in [2.75, 3.05) is 16.0 Å². The molecule has 1 aromatic carbocycles. The van der Waals surface area contributed by atoms with Crippen molar-refractivity contribution in [1.82, 2.24) is 29.3 Å². The van der Waals surface area contributed by atoms with Crippen molar-refractivity contribution >= 4 is 29.0 Å². The standard InChI is InChI=1S/C26H31N9O/c1-16-6-7-19(31-24(36)21-12-17(2)35(33-21)26(3,4)5)13-20(16)32-25-27-10-11-34(25)23-14-22(28-15-29-23)30-18-8-9-18/h6-7,10-15,18H,8-9H2,1-5H3,(H,27,32)(H,31,36)(H,28,29,30). The summed E-state index contributed by atoms with van der Waals surface area (Å²) in [4.78, 5) is 26.1. The smallest absolute Gasteiger partial charge is 0.276 e. The molecule has 10 nitrogen and oxygen atoms in total. The van der Waals surface area contributed by atoms with Crippen LogP contribution in [-0.2, 0) is 5.54 Å². The summed E-state index contributed by atoms with van der Waals surface area (Å²) in [5, 5.41) is 14.2. The number of aryl methyl sites for hydroxylation is 2. The van der Waals surface area contributed by atoms with E-state index in [-0.39, 0.29) is 11.4 Å². The van der Waals surface area contributed by atoms with Crippen molar-refractivity contribution in [2.45, 2.75) is 59.0 Å². The Morgan fingerprint density at radius 3 is 2.58 bits per heavy atom. The summed E-state index contributed by atoms with van der Waals surface area (Å²) in [5.41, 5.74) is 3.60. The Morgan fingerprint density at radius 2 is 1.86 bits per heavy atom. The van der Waals surface area contributed by atoms with E-state index in [0.717, 1.165) is 22.8 Å². The molecule has 36 heavy (non-hydrogen) atoms. The number of imidazole rings is 1. The topological polar surface area (TPSA) is 115 Å². The third-order valence-corrected chi connectivity index (χ3v) is 5.97. The van der Waals surface area contributed by atoms with Crippen LogP contribution in [0.5, 0.6) is 0 Å². The van der Waals surface area contributed by atoms with Gasteiger partial charge in [-0.15, -0.1) is 0 Å². The van der Waals surface area contributed by atoms with Crippen LogP contribution in [0.2, 0.25) is 0 Å². The van der Waals surface area contributed by atoms with E-state index < -0.39 is 0 Å².